The first-order valence-corrected chi connectivity index (χ1v) is 11.7. The van der Waals surface area contributed by atoms with Crippen LogP contribution < -0.4 is 5.32 Å². The number of aromatic nitrogens is 4. The summed E-state index contributed by atoms with van der Waals surface area (Å²) in [6.45, 7) is 1.32. The smallest absolute Gasteiger partial charge is 0.254 e. The SMILES string of the molecule is O=C(NCC1CCCO1)c1cnn(-c2ncc3c(n2)-c2ccccc2CCC3)c1C1CC1. The van der Waals surface area contributed by atoms with Gasteiger partial charge in [-0.2, -0.15) is 5.10 Å². The Balaban J connectivity index is 1.35. The van der Waals surface area contributed by atoms with Gasteiger partial charge in [0.15, 0.2) is 0 Å². The summed E-state index contributed by atoms with van der Waals surface area (Å²) in [4.78, 5) is 22.6. The van der Waals surface area contributed by atoms with E-state index in [2.05, 4.69) is 39.7 Å². The fourth-order valence-electron chi connectivity index (χ4n) is 4.90. The molecule has 1 N–H and O–H groups in total. The number of carbonyl (C=O) groups excluding carboxylic acids is 1. The Kier molecular flexibility index (Phi) is 4.98. The molecule has 1 unspecified atom stereocenters. The molecule has 164 valence electrons. The molecule has 1 saturated carbocycles. The highest BCUT2D eigenvalue weighted by molar-refractivity contribution is 5.95. The highest BCUT2D eigenvalue weighted by Crippen LogP contribution is 2.42. The summed E-state index contributed by atoms with van der Waals surface area (Å²) in [5.41, 5.74) is 6.23. The van der Waals surface area contributed by atoms with E-state index in [0.29, 0.717) is 24.0 Å². The van der Waals surface area contributed by atoms with E-state index < -0.39 is 0 Å². The average molecular weight is 430 g/mol. The Hall–Kier alpha value is -3.06. The lowest BCUT2D eigenvalue weighted by atomic mass is 10.0. The van der Waals surface area contributed by atoms with E-state index >= 15 is 0 Å². The second-order valence-electron chi connectivity index (χ2n) is 9.03. The lowest BCUT2D eigenvalue weighted by Crippen LogP contribution is -2.32. The molecule has 2 aromatic heterocycles. The number of ether oxygens (including phenoxy) is 1. The van der Waals surface area contributed by atoms with Crippen LogP contribution in [0.3, 0.4) is 0 Å². The molecule has 3 aromatic rings. The van der Waals surface area contributed by atoms with Gasteiger partial charge in [-0.3, -0.25) is 4.79 Å². The van der Waals surface area contributed by atoms with Gasteiger partial charge in [-0.1, -0.05) is 24.3 Å². The molecule has 7 nitrogen and oxygen atoms in total. The Bertz CT molecular complexity index is 1160. The molecule has 2 aliphatic carbocycles. The molecule has 1 saturated heterocycles. The van der Waals surface area contributed by atoms with Crippen molar-refractivity contribution in [1.82, 2.24) is 25.1 Å². The normalized spacial score (nSPS) is 19.8. The largest absolute Gasteiger partial charge is 0.376 e. The number of nitrogens with one attached hydrogen (secondary N) is 1. The van der Waals surface area contributed by atoms with Crippen molar-refractivity contribution in [3.8, 4) is 17.2 Å². The van der Waals surface area contributed by atoms with Crippen molar-refractivity contribution in [2.45, 2.75) is 57.0 Å². The van der Waals surface area contributed by atoms with Crippen molar-refractivity contribution in [2.75, 3.05) is 13.2 Å². The third-order valence-corrected chi connectivity index (χ3v) is 6.74. The summed E-state index contributed by atoms with van der Waals surface area (Å²) in [6.07, 6.45) is 11.0. The molecule has 6 rings (SSSR count). The van der Waals surface area contributed by atoms with Crippen LogP contribution in [0.15, 0.2) is 36.7 Å². The van der Waals surface area contributed by atoms with Crippen LogP contribution in [0.1, 0.15) is 65.2 Å². The van der Waals surface area contributed by atoms with E-state index in [9.17, 15) is 4.79 Å². The lowest BCUT2D eigenvalue weighted by molar-refractivity contribution is 0.0857. The Morgan fingerprint density at radius 2 is 1.97 bits per heavy atom. The Labute approximate surface area is 187 Å². The van der Waals surface area contributed by atoms with Gasteiger partial charge in [0.25, 0.3) is 11.9 Å². The molecule has 1 amide bonds. The summed E-state index contributed by atoms with van der Waals surface area (Å²) in [5.74, 6) is 0.782. The van der Waals surface area contributed by atoms with Gasteiger partial charge in [0.1, 0.15) is 0 Å². The van der Waals surface area contributed by atoms with Crippen LogP contribution in [0, 0.1) is 0 Å². The summed E-state index contributed by atoms with van der Waals surface area (Å²) >= 11 is 0. The Morgan fingerprint density at radius 3 is 2.81 bits per heavy atom. The van der Waals surface area contributed by atoms with Gasteiger partial charge in [0.05, 0.1) is 29.3 Å². The number of hydrogen-bond acceptors (Lipinski definition) is 5. The molecule has 2 fully saturated rings. The molecule has 32 heavy (non-hydrogen) atoms. The highest BCUT2D eigenvalue weighted by Gasteiger charge is 2.34. The van der Waals surface area contributed by atoms with Crippen molar-refractivity contribution in [3.05, 3.63) is 59.0 Å². The first kappa shape index (κ1) is 19.6. The van der Waals surface area contributed by atoms with Crippen LogP contribution in [0.4, 0.5) is 0 Å². The van der Waals surface area contributed by atoms with Crippen molar-refractivity contribution in [2.24, 2.45) is 0 Å². The van der Waals surface area contributed by atoms with Crippen LogP contribution in [0.2, 0.25) is 0 Å². The molecule has 0 radical (unpaired) electrons. The topological polar surface area (TPSA) is 81.9 Å². The number of hydrogen-bond donors (Lipinski definition) is 1. The molecular weight excluding hydrogens is 402 g/mol. The summed E-state index contributed by atoms with van der Waals surface area (Å²) in [5, 5.41) is 7.62. The minimum Gasteiger partial charge on any atom is -0.376 e. The van der Waals surface area contributed by atoms with E-state index in [-0.39, 0.29) is 12.0 Å². The molecule has 3 aliphatic rings. The standard InChI is InChI=1S/C25H27N5O2/c31-24(26-14-19-8-4-12-32-19)21-15-28-30(23(21)17-10-11-17)25-27-13-18-7-3-6-16-5-1-2-9-20(16)22(18)29-25/h1-2,5,9,13,15,17,19H,3-4,6-8,10-12,14H2,(H,26,31). The Morgan fingerprint density at radius 1 is 1.09 bits per heavy atom. The second-order valence-corrected chi connectivity index (χ2v) is 9.03. The fourth-order valence-corrected chi connectivity index (χ4v) is 4.90. The highest BCUT2D eigenvalue weighted by atomic mass is 16.5. The first-order chi connectivity index (χ1) is 15.8. The molecule has 7 heteroatoms. The number of nitrogens with zero attached hydrogens (tertiary/aromatic N) is 4. The predicted molar refractivity (Wildman–Crippen MR) is 120 cm³/mol. The molecule has 1 aliphatic heterocycles. The summed E-state index contributed by atoms with van der Waals surface area (Å²) in [6, 6.07) is 8.49. The second kappa shape index (κ2) is 8.13. The van der Waals surface area contributed by atoms with Crippen LogP contribution in [0.25, 0.3) is 17.2 Å². The maximum Gasteiger partial charge on any atom is 0.254 e. The molecule has 1 atom stereocenters. The van der Waals surface area contributed by atoms with Gasteiger partial charge < -0.3 is 10.1 Å². The average Bonchev–Trinajstić information content (AvgIpc) is 3.39. The molecule has 0 bridgehead atoms. The third-order valence-electron chi connectivity index (χ3n) is 6.74. The van der Waals surface area contributed by atoms with Crippen LogP contribution in [-0.2, 0) is 17.6 Å². The third kappa shape index (κ3) is 3.60. The van der Waals surface area contributed by atoms with Gasteiger partial charge in [0, 0.05) is 30.8 Å². The van der Waals surface area contributed by atoms with E-state index in [1.807, 2.05) is 6.20 Å². The van der Waals surface area contributed by atoms with E-state index in [0.717, 1.165) is 62.9 Å². The molecule has 0 spiro atoms. The van der Waals surface area contributed by atoms with Gasteiger partial charge in [-0.15, -0.1) is 0 Å². The lowest BCUT2D eigenvalue weighted by Gasteiger charge is -2.13. The van der Waals surface area contributed by atoms with Crippen LogP contribution in [0.5, 0.6) is 0 Å². The maximum atomic E-state index is 13.0. The minimum absolute atomic E-state index is 0.0891. The number of fused-ring (bicyclic) bond motifs is 3. The van der Waals surface area contributed by atoms with Gasteiger partial charge >= 0.3 is 0 Å². The zero-order chi connectivity index (χ0) is 21.5. The number of amides is 1. The monoisotopic (exact) mass is 429 g/mol. The summed E-state index contributed by atoms with van der Waals surface area (Å²) in [7, 11) is 0. The van der Waals surface area contributed by atoms with Gasteiger partial charge in [-0.05, 0) is 56.1 Å². The predicted octanol–water partition coefficient (Wildman–Crippen LogP) is 3.60. The number of carbonyl (C=O) groups is 1. The van der Waals surface area contributed by atoms with Crippen molar-refractivity contribution >= 4 is 5.91 Å². The van der Waals surface area contributed by atoms with Crippen molar-refractivity contribution < 1.29 is 9.53 Å². The molecule has 3 heterocycles. The minimum atomic E-state index is -0.0891. The van der Waals surface area contributed by atoms with Gasteiger partial charge in [0.2, 0.25) is 0 Å². The zero-order valence-corrected chi connectivity index (χ0v) is 18.1. The maximum absolute atomic E-state index is 13.0. The van der Waals surface area contributed by atoms with Crippen LogP contribution in [-0.4, -0.2) is 44.9 Å². The first-order valence-electron chi connectivity index (χ1n) is 11.7. The van der Waals surface area contributed by atoms with E-state index in [4.69, 9.17) is 9.72 Å². The zero-order valence-electron chi connectivity index (χ0n) is 18.1. The van der Waals surface area contributed by atoms with Crippen molar-refractivity contribution in [1.29, 1.82) is 0 Å². The number of benzene rings is 1. The van der Waals surface area contributed by atoms with E-state index in [1.54, 1.807) is 10.9 Å². The van der Waals surface area contributed by atoms with Crippen LogP contribution >= 0.6 is 0 Å². The summed E-state index contributed by atoms with van der Waals surface area (Å²) < 4.78 is 7.42. The molecule has 1 aromatic carbocycles. The van der Waals surface area contributed by atoms with Crippen molar-refractivity contribution in [3.63, 3.8) is 0 Å². The quantitative estimate of drug-likeness (QED) is 0.670. The fraction of sp³-hybridized carbons (Fsp3) is 0.440. The number of aryl methyl sites for hydroxylation is 2. The number of rotatable bonds is 5. The molecular formula is C25H27N5O2. The van der Waals surface area contributed by atoms with E-state index in [1.165, 1.54) is 16.7 Å². The van der Waals surface area contributed by atoms with Gasteiger partial charge in [-0.25, -0.2) is 14.6 Å².